The molecule has 0 unspecified atom stereocenters. The molecule has 1 saturated heterocycles. The Balaban J connectivity index is 1.38. The number of hydrogen-bond donors (Lipinski definition) is 1. The van der Waals surface area contributed by atoms with E-state index >= 15 is 0 Å². The molecule has 30 heavy (non-hydrogen) atoms. The molecule has 0 bridgehead atoms. The Morgan fingerprint density at radius 3 is 2.77 bits per heavy atom. The van der Waals surface area contributed by atoms with Crippen LogP contribution in [0, 0.1) is 24.5 Å². The minimum Gasteiger partial charge on any atom is -0.411 e. The zero-order chi connectivity index (χ0) is 21.3. The van der Waals surface area contributed by atoms with Crippen molar-refractivity contribution in [3.8, 4) is 0 Å². The highest BCUT2D eigenvalue weighted by Crippen LogP contribution is 2.25. The van der Waals surface area contributed by atoms with E-state index in [9.17, 15) is 18.8 Å². The number of aryl methyl sites for hydroxylation is 1. The third-order valence-electron chi connectivity index (χ3n) is 5.95. The summed E-state index contributed by atoms with van der Waals surface area (Å²) >= 11 is 1.62. The molecule has 6 nitrogen and oxygen atoms in total. The first-order valence-corrected chi connectivity index (χ1v) is 11.1. The molecule has 3 heterocycles. The van der Waals surface area contributed by atoms with Crippen molar-refractivity contribution in [1.29, 1.82) is 0 Å². The summed E-state index contributed by atoms with van der Waals surface area (Å²) in [4.78, 5) is 19.6. The van der Waals surface area contributed by atoms with Gasteiger partial charge >= 0.3 is 0 Å². The van der Waals surface area contributed by atoms with E-state index in [2.05, 4.69) is 15.0 Å². The van der Waals surface area contributed by atoms with Crippen LogP contribution in [0.4, 0.5) is 8.78 Å². The molecule has 0 aliphatic carbocycles. The lowest BCUT2D eigenvalue weighted by Gasteiger charge is -2.32. The second-order valence-corrected chi connectivity index (χ2v) is 8.80. The third-order valence-corrected chi connectivity index (χ3v) is 6.90. The van der Waals surface area contributed by atoms with Crippen LogP contribution in [-0.2, 0) is 13.0 Å². The lowest BCUT2D eigenvalue weighted by Crippen LogP contribution is -2.38. The molecular formula is C21H24F2N4O2S. The first kappa shape index (κ1) is 21.0. The highest BCUT2D eigenvalue weighted by Gasteiger charge is 2.27. The fourth-order valence-electron chi connectivity index (χ4n) is 4.25. The zero-order valence-corrected chi connectivity index (χ0v) is 17.6. The molecule has 0 saturated carbocycles. The van der Waals surface area contributed by atoms with Crippen molar-refractivity contribution in [2.45, 2.75) is 37.9 Å². The summed E-state index contributed by atoms with van der Waals surface area (Å²) in [6, 6.07) is 3.30. The van der Waals surface area contributed by atoms with E-state index in [-0.39, 0.29) is 22.8 Å². The van der Waals surface area contributed by atoms with Gasteiger partial charge in [0.05, 0.1) is 5.71 Å². The fraction of sp³-hybridized carbons (Fsp3) is 0.476. The zero-order valence-electron chi connectivity index (χ0n) is 16.8. The summed E-state index contributed by atoms with van der Waals surface area (Å²) in [7, 11) is 0. The summed E-state index contributed by atoms with van der Waals surface area (Å²) < 4.78 is 29.1. The van der Waals surface area contributed by atoms with Gasteiger partial charge < -0.3 is 10.1 Å². The number of rotatable bonds is 5. The first-order chi connectivity index (χ1) is 14.5. The van der Waals surface area contributed by atoms with Crippen LogP contribution < -0.4 is 5.56 Å². The summed E-state index contributed by atoms with van der Waals surface area (Å²) in [5.41, 5.74) is 2.05. The molecule has 9 heteroatoms. The van der Waals surface area contributed by atoms with Crippen molar-refractivity contribution in [3.63, 3.8) is 0 Å². The molecule has 160 valence electrons. The molecule has 1 aromatic heterocycles. The third kappa shape index (κ3) is 4.13. The van der Waals surface area contributed by atoms with E-state index < -0.39 is 11.6 Å². The molecule has 4 rings (SSSR count). The lowest BCUT2D eigenvalue weighted by molar-refractivity contribution is 0.208. The van der Waals surface area contributed by atoms with Crippen molar-refractivity contribution >= 4 is 17.5 Å². The number of halogens is 2. The van der Waals surface area contributed by atoms with Crippen molar-refractivity contribution in [3.05, 3.63) is 57.0 Å². The lowest BCUT2D eigenvalue weighted by atomic mass is 9.88. The van der Waals surface area contributed by atoms with Gasteiger partial charge in [0.1, 0.15) is 11.6 Å². The van der Waals surface area contributed by atoms with E-state index in [1.54, 1.807) is 16.3 Å². The molecular weight excluding hydrogens is 410 g/mol. The summed E-state index contributed by atoms with van der Waals surface area (Å²) in [6.07, 6.45) is 2.04. The molecule has 2 aliphatic heterocycles. The Bertz CT molecular complexity index is 1030. The topological polar surface area (TPSA) is 70.7 Å². The fourth-order valence-corrected chi connectivity index (χ4v) is 5.24. The molecule has 0 atom stereocenters. The number of oxime groups is 1. The average Bonchev–Trinajstić information content (AvgIpc) is 3.19. The Kier molecular flexibility index (Phi) is 6.19. The maximum Gasteiger partial charge on any atom is 0.257 e. The van der Waals surface area contributed by atoms with Crippen LogP contribution in [0.2, 0.25) is 0 Å². The highest BCUT2D eigenvalue weighted by atomic mass is 32.2. The number of benzene rings is 1. The van der Waals surface area contributed by atoms with Crippen LogP contribution in [0.3, 0.4) is 0 Å². The van der Waals surface area contributed by atoms with E-state index in [1.165, 1.54) is 12.1 Å². The van der Waals surface area contributed by atoms with E-state index in [1.807, 2.05) is 6.92 Å². The molecule has 1 aromatic carbocycles. The van der Waals surface area contributed by atoms with Gasteiger partial charge in [-0.2, -0.15) is 0 Å². The average molecular weight is 435 g/mol. The number of hydrogen-bond acceptors (Lipinski definition) is 6. The van der Waals surface area contributed by atoms with Gasteiger partial charge in [-0.25, -0.2) is 13.8 Å². The standard InChI is InChI=1S/C21H24F2N4O2S/c1-13-16(20(28)27-10-11-30-21(27)24-13)6-9-26-7-4-14(5-8-26)19(25-29)17-3-2-15(22)12-18(17)23/h2-3,12,14,29H,4-11H2,1H3. The number of piperidine rings is 1. The number of likely N-dealkylation sites (tertiary alicyclic amines) is 1. The highest BCUT2D eigenvalue weighted by molar-refractivity contribution is 7.99. The first-order valence-electron chi connectivity index (χ1n) is 10.1. The largest absolute Gasteiger partial charge is 0.411 e. The maximum atomic E-state index is 14.1. The van der Waals surface area contributed by atoms with Crippen LogP contribution in [-0.4, -0.2) is 50.8 Å². The predicted molar refractivity (Wildman–Crippen MR) is 112 cm³/mol. The van der Waals surface area contributed by atoms with Crippen molar-refractivity contribution in [1.82, 2.24) is 14.5 Å². The summed E-state index contributed by atoms with van der Waals surface area (Å²) in [5.74, 6) is -0.586. The monoisotopic (exact) mass is 434 g/mol. The van der Waals surface area contributed by atoms with Gasteiger partial charge in [-0.3, -0.25) is 9.36 Å². The predicted octanol–water partition coefficient (Wildman–Crippen LogP) is 3.07. The minimum atomic E-state index is -0.719. The number of fused-ring (bicyclic) bond motifs is 1. The van der Waals surface area contributed by atoms with Gasteiger partial charge in [-0.05, 0) is 51.4 Å². The maximum absolute atomic E-state index is 14.1. The van der Waals surface area contributed by atoms with Crippen molar-refractivity contribution in [2.24, 2.45) is 11.1 Å². The van der Waals surface area contributed by atoms with E-state index in [4.69, 9.17) is 0 Å². The van der Waals surface area contributed by atoms with Gasteiger partial charge in [-0.1, -0.05) is 16.9 Å². The molecule has 0 spiro atoms. The SMILES string of the molecule is Cc1nc2n(c(=O)c1CCN1CCC(C(=NO)c3ccc(F)cc3F)CC1)CCS2. The molecule has 0 amide bonds. The molecule has 0 radical (unpaired) electrons. The normalized spacial score (nSPS) is 18.0. The van der Waals surface area contributed by atoms with Crippen molar-refractivity contribution < 1.29 is 14.0 Å². The van der Waals surface area contributed by atoms with E-state index in [0.29, 0.717) is 25.8 Å². The number of aromatic nitrogens is 2. The van der Waals surface area contributed by atoms with E-state index in [0.717, 1.165) is 47.9 Å². The number of thioether (sulfide) groups is 1. The van der Waals surface area contributed by atoms with Gasteiger partial charge in [0.25, 0.3) is 5.56 Å². The summed E-state index contributed by atoms with van der Waals surface area (Å²) in [6.45, 7) is 4.85. The minimum absolute atomic E-state index is 0.0684. The number of nitrogens with zero attached hydrogens (tertiary/aromatic N) is 4. The quantitative estimate of drug-likeness (QED) is 0.339. The van der Waals surface area contributed by atoms with Gasteiger partial charge in [-0.15, -0.1) is 0 Å². The molecule has 1 fully saturated rings. The summed E-state index contributed by atoms with van der Waals surface area (Å²) in [5, 5.41) is 13.6. The Morgan fingerprint density at radius 1 is 1.30 bits per heavy atom. The van der Waals surface area contributed by atoms with Gasteiger partial charge in [0, 0.05) is 47.6 Å². The second kappa shape index (κ2) is 8.85. The van der Waals surface area contributed by atoms with Crippen LogP contribution in [0.15, 0.2) is 33.3 Å². The Labute approximate surface area is 177 Å². The molecule has 1 N–H and O–H groups in total. The molecule has 2 aromatic rings. The van der Waals surface area contributed by atoms with Crippen molar-refractivity contribution in [2.75, 3.05) is 25.4 Å². The van der Waals surface area contributed by atoms with Crippen LogP contribution >= 0.6 is 11.8 Å². The van der Waals surface area contributed by atoms with Gasteiger partial charge in [0.15, 0.2) is 5.16 Å². The van der Waals surface area contributed by atoms with Crippen LogP contribution in [0.1, 0.15) is 29.7 Å². The van der Waals surface area contributed by atoms with Gasteiger partial charge in [0.2, 0.25) is 0 Å². The second-order valence-electron chi connectivity index (χ2n) is 7.74. The Morgan fingerprint density at radius 2 is 2.07 bits per heavy atom. The Hall–Kier alpha value is -2.26. The van der Waals surface area contributed by atoms with Crippen LogP contribution in [0.5, 0.6) is 0 Å². The molecule has 2 aliphatic rings. The van der Waals surface area contributed by atoms with Crippen LogP contribution in [0.25, 0.3) is 0 Å². The smallest absolute Gasteiger partial charge is 0.257 e.